The van der Waals surface area contributed by atoms with Gasteiger partial charge in [0.25, 0.3) is 0 Å². The summed E-state index contributed by atoms with van der Waals surface area (Å²) in [7, 11) is 0. The second-order valence-corrected chi connectivity index (χ2v) is 6.75. The molecule has 0 unspecified atom stereocenters. The lowest BCUT2D eigenvalue weighted by Crippen LogP contribution is -1.99. The molecule has 2 aromatic carbocycles. The van der Waals surface area contributed by atoms with E-state index < -0.39 is 0 Å². The van der Waals surface area contributed by atoms with Gasteiger partial charge in [0, 0.05) is 17.1 Å². The summed E-state index contributed by atoms with van der Waals surface area (Å²) in [5, 5.41) is 10.4. The molecule has 0 spiro atoms. The molecule has 2 nitrogen and oxygen atoms in total. The average molecular weight is 385 g/mol. The summed E-state index contributed by atoms with van der Waals surface area (Å²) in [6.07, 6.45) is 1.82. The maximum Gasteiger partial charge on any atom is 0.123 e. The van der Waals surface area contributed by atoms with Crippen LogP contribution in [0.2, 0.25) is 10.0 Å². The Bertz CT molecular complexity index is 1040. The fourth-order valence-electron chi connectivity index (χ4n) is 2.92. The number of aryl methyl sites for hydroxylation is 1. The Balaban J connectivity index is 2.08. The van der Waals surface area contributed by atoms with Gasteiger partial charge < -0.3 is 4.57 Å². The Kier molecular flexibility index (Phi) is 5.18. The average Bonchev–Trinajstić information content (AvgIpc) is 2.90. The summed E-state index contributed by atoms with van der Waals surface area (Å²) in [4.78, 5) is 0. The molecule has 0 aliphatic heterocycles. The van der Waals surface area contributed by atoms with E-state index >= 15 is 0 Å². The lowest BCUT2D eigenvalue weighted by Gasteiger charge is -2.09. The molecule has 26 heavy (non-hydrogen) atoms. The van der Waals surface area contributed by atoms with Crippen molar-refractivity contribution < 1.29 is 4.39 Å². The lowest BCUT2D eigenvalue weighted by atomic mass is 10.0. The van der Waals surface area contributed by atoms with Gasteiger partial charge in [-0.25, -0.2) is 4.39 Å². The zero-order chi connectivity index (χ0) is 18.8. The van der Waals surface area contributed by atoms with Crippen LogP contribution in [0.5, 0.6) is 0 Å². The fraction of sp³-hybridized carbons (Fsp3) is 0.0952. The van der Waals surface area contributed by atoms with Crippen molar-refractivity contribution in [2.75, 3.05) is 0 Å². The van der Waals surface area contributed by atoms with Gasteiger partial charge in [-0.15, -0.1) is 0 Å². The van der Waals surface area contributed by atoms with Crippen LogP contribution in [0.25, 0.3) is 17.3 Å². The van der Waals surface area contributed by atoms with Crippen LogP contribution in [0.3, 0.4) is 0 Å². The quantitative estimate of drug-likeness (QED) is 0.467. The minimum atomic E-state index is -0.275. The molecule has 1 aromatic heterocycles. The molecule has 1 heterocycles. The lowest BCUT2D eigenvalue weighted by molar-refractivity contribution is 0.627. The van der Waals surface area contributed by atoms with Gasteiger partial charge in [0.2, 0.25) is 0 Å². The first-order chi connectivity index (χ1) is 12.4. The van der Waals surface area contributed by atoms with Crippen molar-refractivity contribution in [1.29, 1.82) is 5.26 Å². The van der Waals surface area contributed by atoms with Crippen molar-refractivity contribution in [2.24, 2.45) is 0 Å². The number of allylic oxidation sites excluding steroid dienone is 1. The highest BCUT2D eigenvalue weighted by atomic mass is 35.5. The Hall–Kier alpha value is -2.54. The standard InChI is InChI=1S/C21H15Cl2FN2/c1-13-9-16(14(2)26(13)19-6-4-18(24)5-7-19)10-17(12-25)15-3-8-20(22)21(23)11-15/h3-11H,1-2H3/b17-10-. The smallest absolute Gasteiger partial charge is 0.123 e. The minimum Gasteiger partial charge on any atom is -0.318 e. The molecule has 0 fully saturated rings. The van der Waals surface area contributed by atoms with E-state index in [9.17, 15) is 9.65 Å². The van der Waals surface area contributed by atoms with Crippen LogP contribution < -0.4 is 0 Å². The zero-order valence-corrected chi connectivity index (χ0v) is 15.7. The second-order valence-electron chi connectivity index (χ2n) is 5.94. The van der Waals surface area contributed by atoms with E-state index in [4.69, 9.17) is 23.2 Å². The molecule has 5 heteroatoms. The topological polar surface area (TPSA) is 28.7 Å². The molecule has 130 valence electrons. The van der Waals surface area contributed by atoms with Crippen LogP contribution in [-0.4, -0.2) is 4.57 Å². The molecule has 0 N–H and O–H groups in total. The highest BCUT2D eigenvalue weighted by molar-refractivity contribution is 6.42. The highest BCUT2D eigenvalue weighted by Crippen LogP contribution is 2.29. The molecule has 3 aromatic rings. The SMILES string of the molecule is Cc1cc(/C=C(/C#N)c2ccc(Cl)c(Cl)c2)c(C)n1-c1ccc(F)cc1. The molecule has 0 atom stereocenters. The summed E-state index contributed by atoms with van der Waals surface area (Å²) in [5.41, 5.74) is 4.92. The first-order valence-corrected chi connectivity index (χ1v) is 8.68. The van der Waals surface area contributed by atoms with E-state index in [2.05, 4.69) is 6.07 Å². The van der Waals surface area contributed by atoms with E-state index in [0.29, 0.717) is 21.2 Å². The molecule has 3 rings (SSSR count). The number of nitrogens with zero attached hydrogens (tertiary/aromatic N) is 2. The Morgan fingerprint density at radius 1 is 1.04 bits per heavy atom. The van der Waals surface area contributed by atoms with Crippen molar-refractivity contribution in [2.45, 2.75) is 13.8 Å². The van der Waals surface area contributed by atoms with Gasteiger partial charge in [0.05, 0.1) is 21.7 Å². The summed E-state index contributed by atoms with van der Waals surface area (Å²) in [5.74, 6) is -0.275. The molecule has 0 bridgehead atoms. The van der Waals surface area contributed by atoms with Gasteiger partial charge in [0.15, 0.2) is 0 Å². The van der Waals surface area contributed by atoms with E-state index in [1.54, 1.807) is 30.3 Å². The van der Waals surface area contributed by atoms with Gasteiger partial charge in [0.1, 0.15) is 5.82 Å². The number of hydrogen-bond acceptors (Lipinski definition) is 1. The van der Waals surface area contributed by atoms with E-state index in [-0.39, 0.29) is 5.82 Å². The van der Waals surface area contributed by atoms with Crippen molar-refractivity contribution in [3.63, 3.8) is 0 Å². The number of aromatic nitrogens is 1. The van der Waals surface area contributed by atoms with Gasteiger partial charge in [-0.3, -0.25) is 0 Å². The van der Waals surface area contributed by atoms with Crippen LogP contribution in [0.4, 0.5) is 4.39 Å². The van der Waals surface area contributed by atoms with E-state index in [0.717, 1.165) is 22.6 Å². The van der Waals surface area contributed by atoms with Crippen molar-refractivity contribution >= 4 is 34.9 Å². The number of nitriles is 1. The molecular weight excluding hydrogens is 370 g/mol. The van der Waals surface area contributed by atoms with E-state index in [1.807, 2.05) is 30.6 Å². The number of halogens is 3. The van der Waals surface area contributed by atoms with Crippen LogP contribution >= 0.6 is 23.2 Å². The van der Waals surface area contributed by atoms with Crippen LogP contribution in [0.15, 0.2) is 48.5 Å². The molecule has 0 saturated heterocycles. The summed E-state index contributed by atoms with van der Waals surface area (Å²) in [6, 6.07) is 15.6. The zero-order valence-electron chi connectivity index (χ0n) is 14.2. The third kappa shape index (κ3) is 3.53. The summed E-state index contributed by atoms with van der Waals surface area (Å²) < 4.78 is 15.2. The second kappa shape index (κ2) is 7.37. The van der Waals surface area contributed by atoms with Crippen LogP contribution in [0, 0.1) is 31.0 Å². The Labute approximate surface area is 161 Å². The normalized spacial score (nSPS) is 11.5. The summed E-state index contributed by atoms with van der Waals surface area (Å²) in [6.45, 7) is 3.94. The molecule has 0 amide bonds. The van der Waals surface area contributed by atoms with Crippen molar-refractivity contribution in [3.05, 3.63) is 86.9 Å². The first kappa shape index (κ1) is 18.3. The van der Waals surface area contributed by atoms with Crippen LogP contribution in [0.1, 0.15) is 22.5 Å². The van der Waals surface area contributed by atoms with Crippen LogP contribution in [-0.2, 0) is 0 Å². The Morgan fingerprint density at radius 2 is 1.73 bits per heavy atom. The van der Waals surface area contributed by atoms with Crippen molar-refractivity contribution in [3.8, 4) is 11.8 Å². The predicted octanol–water partition coefficient (Wildman–Crippen LogP) is 6.60. The van der Waals surface area contributed by atoms with Gasteiger partial charge >= 0.3 is 0 Å². The monoisotopic (exact) mass is 384 g/mol. The van der Waals surface area contributed by atoms with Gasteiger partial charge in [-0.05, 0) is 73.5 Å². The number of rotatable bonds is 3. The fourth-order valence-corrected chi connectivity index (χ4v) is 3.22. The first-order valence-electron chi connectivity index (χ1n) is 7.93. The Morgan fingerprint density at radius 3 is 2.35 bits per heavy atom. The molecule has 0 radical (unpaired) electrons. The highest BCUT2D eigenvalue weighted by Gasteiger charge is 2.11. The molecule has 0 saturated carbocycles. The van der Waals surface area contributed by atoms with Gasteiger partial charge in [-0.2, -0.15) is 5.26 Å². The minimum absolute atomic E-state index is 0.275. The van der Waals surface area contributed by atoms with Gasteiger partial charge in [-0.1, -0.05) is 29.3 Å². The number of benzene rings is 2. The van der Waals surface area contributed by atoms with Crippen molar-refractivity contribution in [1.82, 2.24) is 4.57 Å². The summed E-state index contributed by atoms with van der Waals surface area (Å²) >= 11 is 12.0. The van der Waals surface area contributed by atoms with E-state index in [1.165, 1.54) is 12.1 Å². The largest absolute Gasteiger partial charge is 0.318 e. The maximum absolute atomic E-state index is 13.2. The molecule has 0 aliphatic carbocycles. The third-order valence-electron chi connectivity index (χ3n) is 4.21. The number of hydrogen-bond donors (Lipinski definition) is 0. The maximum atomic E-state index is 13.2. The predicted molar refractivity (Wildman–Crippen MR) is 105 cm³/mol. The third-order valence-corrected chi connectivity index (χ3v) is 4.95. The molecule has 0 aliphatic rings. The molecular formula is C21H15Cl2FN2.